The topological polar surface area (TPSA) is 59.6 Å². The number of carbonyl (C=O) groups is 1. The maximum atomic E-state index is 11.6. The Hall–Kier alpha value is -2.31. The molecule has 0 aliphatic heterocycles. The summed E-state index contributed by atoms with van der Waals surface area (Å²) in [5.41, 5.74) is 2.17. The molecule has 0 saturated carbocycles. The summed E-state index contributed by atoms with van der Waals surface area (Å²) in [6.45, 7) is 4.73. The van der Waals surface area contributed by atoms with Gasteiger partial charge in [0.05, 0.1) is 29.5 Å². The van der Waals surface area contributed by atoms with Crippen LogP contribution in [-0.2, 0) is 11.2 Å². The molecule has 2 rings (SSSR count). The molecule has 0 spiro atoms. The second-order valence-corrected chi connectivity index (χ2v) is 7.30. The monoisotopic (exact) mass is 420 g/mol. The van der Waals surface area contributed by atoms with Gasteiger partial charge >= 0.3 is 5.97 Å². The third-order valence-electron chi connectivity index (χ3n) is 3.83. The SMILES string of the molecule is COC(=O)c1ccc(Cl)c(NC(=S)NCCCc2cccc(OC(C)C)c2)c1. The van der Waals surface area contributed by atoms with Gasteiger partial charge in [-0.2, -0.15) is 0 Å². The van der Waals surface area contributed by atoms with Crippen LogP contribution in [0.1, 0.15) is 36.2 Å². The molecule has 2 N–H and O–H groups in total. The molecule has 150 valence electrons. The third kappa shape index (κ3) is 7.02. The number of methoxy groups -OCH3 is 1. The minimum Gasteiger partial charge on any atom is -0.491 e. The number of carbonyl (C=O) groups excluding carboxylic acids is 1. The molecule has 0 aliphatic carbocycles. The fraction of sp³-hybridized carbons (Fsp3) is 0.333. The standard InChI is InChI=1S/C21H25ClN2O3S/c1-14(2)27-17-8-4-6-15(12-17)7-5-11-23-21(28)24-19-13-16(20(25)26-3)9-10-18(19)22/h4,6,8-10,12-14H,5,7,11H2,1-3H3,(H2,23,24,28). The summed E-state index contributed by atoms with van der Waals surface area (Å²) >= 11 is 11.5. The van der Waals surface area contributed by atoms with Crippen molar-refractivity contribution in [1.29, 1.82) is 0 Å². The number of hydrogen-bond donors (Lipinski definition) is 2. The Morgan fingerprint density at radius 2 is 2.00 bits per heavy atom. The molecule has 0 saturated heterocycles. The van der Waals surface area contributed by atoms with Crippen LogP contribution in [0, 0.1) is 0 Å². The van der Waals surface area contributed by atoms with E-state index in [0.717, 1.165) is 18.6 Å². The lowest BCUT2D eigenvalue weighted by Gasteiger charge is -2.13. The van der Waals surface area contributed by atoms with Gasteiger partial charge in [0.2, 0.25) is 0 Å². The van der Waals surface area contributed by atoms with Crippen molar-refractivity contribution in [2.45, 2.75) is 32.8 Å². The first kappa shape index (κ1) is 22.0. The highest BCUT2D eigenvalue weighted by molar-refractivity contribution is 7.80. The van der Waals surface area contributed by atoms with E-state index in [2.05, 4.69) is 22.8 Å². The van der Waals surface area contributed by atoms with Crippen LogP contribution in [-0.4, -0.2) is 30.8 Å². The van der Waals surface area contributed by atoms with Gasteiger partial charge in [-0.3, -0.25) is 0 Å². The smallest absolute Gasteiger partial charge is 0.337 e. The molecule has 28 heavy (non-hydrogen) atoms. The number of rotatable bonds is 8. The number of hydrogen-bond acceptors (Lipinski definition) is 4. The van der Waals surface area contributed by atoms with E-state index in [9.17, 15) is 4.79 Å². The zero-order valence-corrected chi connectivity index (χ0v) is 17.8. The van der Waals surface area contributed by atoms with Gasteiger partial charge in [0.1, 0.15) is 5.75 Å². The maximum Gasteiger partial charge on any atom is 0.337 e. The number of nitrogens with one attached hydrogen (secondary N) is 2. The van der Waals surface area contributed by atoms with Crippen molar-refractivity contribution in [1.82, 2.24) is 5.32 Å². The van der Waals surface area contributed by atoms with Crippen molar-refractivity contribution >= 4 is 40.6 Å². The average Bonchev–Trinajstić information content (AvgIpc) is 2.66. The van der Waals surface area contributed by atoms with Gasteiger partial charge in [-0.15, -0.1) is 0 Å². The van der Waals surface area contributed by atoms with Gasteiger partial charge < -0.3 is 20.1 Å². The highest BCUT2D eigenvalue weighted by Crippen LogP contribution is 2.23. The average molecular weight is 421 g/mol. The summed E-state index contributed by atoms with van der Waals surface area (Å²) in [5.74, 6) is 0.458. The minimum atomic E-state index is -0.428. The molecular weight excluding hydrogens is 396 g/mol. The Morgan fingerprint density at radius 3 is 2.71 bits per heavy atom. The summed E-state index contributed by atoms with van der Waals surface area (Å²) in [4.78, 5) is 11.6. The number of halogens is 1. The zero-order chi connectivity index (χ0) is 20.5. The Morgan fingerprint density at radius 1 is 1.21 bits per heavy atom. The summed E-state index contributed by atoms with van der Waals surface area (Å²) in [7, 11) is 1.33. The lowest BCUT2D eigenvalue weighted by Crippen LogP contribution is -2.29. The molecular formula is C21H25ClN2O3S. The molecule has 5 nitrogen and oxygen atoms in total. The number of aryl methyl sites for hydroxylation is 1. The van der Waals surface area contributed by atoms with Crippen molar-refractivity contribution < 1.29 is 14.3 Å². The van der Waals surface area contributed by atoms with E-state index in [-0.39, 0.29) is 6.10 Å². The van der Waals surface area contributed by atoms with Gasteiger partial charge in [-0.25, -0.2) is 4.79 Å². The van der Waals surface area contributed by atoms with Crippen molar-refractivity contribution in [3.8, 4) is 5.75 Å². The van der Waals surface area contributed by atoms with E-state index in [1.54, 1.807) is 18.2 Å². The molecule has 0 radical (unpaired) electrons. The van der Waals surface area contributed by atoms with Gasteiger partial charge in [-0.05, 0) is 74.8 Å². The van der Waals surface area contributed by atoms with Crippen LogP contribution in [0.25, 0.3) is 0 Å². The normalized spacial score (nSPS) is 10.5. The summed E-state index contributed by atoms with van der Waals surface area (Å²) < 4.78 is 10.4. The first-order valence-corrected chi connectivity index (χ1v) is 9.86. The largest absolute Gasteiger partial charge is 0.491 e. The van der Waals surface area contributed by atoms with Gasteiger partial charge in [0.25, 0.3) is 0 Å². The quantitative estimate of drug-likeness (QED) is 0.362. The first-order valence-electron chi connectivity index (χ1n) is 9.07. The van der Waals surface area contributed by atoms with Crippen LogP contribution in [0.4, 0.5) is 5.69 Å². The number of thiocarbonyl (C=S) groups is 1. The van der Waals surface area contributed by atoms with Crippen LogP contribution in [0.5, 0.6) is 5.75 Å². The van der Waals surface area contributed by atoms with E-state index in [1.807, 2.05) is 26.0 Å². The molecule has 0 bridgehead atoms. The molecule has 0 aliphatic rings. The van der Waals surface area contributed by atoms with Gasteiger partial charge in [-0.1, -0.05) is 23.7 Å². The molecule has 0 aromatic heterocycles. The summed E-state index contributed by atoms with van der Waals surface area (Å²) in [6, 6.07) is 13.0. The molecule has 0 amide bonds. The maximum absolute atomic E-state index is 11.6. The van der Waals surface area contributed by atoms with Crippen molar-refractivity contribution in [3.05, 3.63) is 58.6 Å². The predicted molar refractivity (Wildman–Crippen MR) is 118 cm³/mol. The Kier molecular flexibility index (Phi) is 8.54. The lowest BCUT2D eigenvalue weighted by molar-refractivity contribution is 0.0601. The summed E-state index contributed by atoms with van der Waals surface area (Å²) in [6.07, 6.45) is 1.97. The highest BCUT2D eigenvalue weighted by atomic mass is 35.5. The molecule has 0 unspecified atom stereocenters. The first-order chi connectivity index (χ1) is 13.4. The Bertz CT molecular complexity index is 827. The number of anilines is 1. The van der Waals surface area contributed by atoms with Crippen LogP contribution < -0.4 is 15.4 Å². The van der Waals surface area contributed by atoms with Crippen LogP contribution in [0.2, 0.25) is 5.02 Å². The molecule has 7 heteroatoms. The lowest BCUT2D eigenvalue weighted by atomic mass is 10.1. The summed E-state index contributed by atoms with van der Waals surface area (Å²) in [5, 5.41) is 7.09. The number of benzene rings is 2. The highest BCUT2D eigenvalue weighted by Gasteiger charge is 2.10. The van der Waals surface area contributed by atoms with Crippen LogP contribution >= 0.6 is 23.8 Å². The number of ether oxygens (including phenoxy) is 2. The Labute approximate surface area is 176 Å². The van der Waals surface area contributed by atoms with E-state index in [1.165, 1.54) is 12.7 Å². The fourth-order valence-electron chi connectivity index (χ4n) is 2.57. The minimum absolute atomic E-state index is 0.157. The molecule has 0 fully saturated rings. The van der Waals surface area contributed by atoms with E-state index >= 15 is 0 Å². The molecule has 0 atom stereocenters. The number of esters is 1. The second-order valence-electron chi connectivity index (χ2n) is 6.48. The molecule has 2 aromatic rings. The Balaban J connectivity index is 1.81. The van der Waals surface area contributed by atoms with E-state index in [4.69, 9.17) is 33.3 Å². The fourth-order valence-corrected chi connectivity index (χ4v) is 2.95. The van der Waals surface area contributed by atoms with Gasteiger partial charge in [0, 0.05) is 6.54 Å². The van der Waals surface area contributed by atoms with Crippen LogP contribution in [0.3, 0.4) is 0 Å². The van der Waals surface area contributed by atoms with Crippen molar-refractivity contribution in [2.75, 3.05) is 19.0 Å². The van der Waals surface area contributed by atoms with Crippen molar-refractivity contribution in [2.24, 2.45) is 0 Å². The van der Waals surface area contributed by atoms with E-state index in [0.29, 0.717) is 27.9 Å². The predicted octanol–water partition coefficient (Wildman–Crippen LogP) is 4.83. The van der Waals surface area contributed by atoms with E-state index < -0.39 is 5.97 Å². The molecule has 0 heterocycles. The molecule has 2 aromatic carbocycles. The zero-order valence-electron chi connectivity index (χ0n) is 16.3. The third-order valence-corrected chi connectivity index (χ3v) is 4.41. The second kappa shape index (κ2) is 10.9. The van der Waals surface area contributed by atoms with Crippen LogP contribution in [0.15, 0.2) is 42.5 Å². The van der Waals surface area contributed by atoms with Gasteiger partial charge in [0.15, 0.2) is 5.11 Å². The van der Waals surface area contributed by atoms with Crippen molar-refractivity contribution in [3.63, 3.8) is 0 Å².